The Morgan fingerprint density at radius 1 is 1.48 bits per heavy atom. The second kappa shape index (κ2) is 6.25. The molecule has 1 aromatic heterocycles. The first kappa shape index (κ1) is 14.8. The number of methoxy groups -OCH3 is 1. The first-order valence-corrected chi connectivity index (χ1v) is 6.56. The Labute approximate surface area is 122 Å². The topological polar surface area (TPSA) is 97.6 Å². The number of carbonyl (C=O) groups is 2. The number of rotatable bonds is 3. The van der Waals surface area contributed by atoms with Crippen LogP contribution in [0.25, 0.3) is 0 Å². The highest BCUT2D eigenvalue weighted by Crippen LogP contribution is 2.19. The average Bonchev–Trinajstić information content (AvgIpc) is 2.47. The number of primary amides is 1. The fourth-order valence-electron chi connectivity index (χ4n) is 2.15. The highest BCUT2D eigenvalue weighted by atomic mass is 16.5. The summed E-state index contributed by atoms with van der Waals surface area (Å²) in [5, 5.41) is 2.71. The van der Waals surface area contributed by atoms with E-state index >= 15 is 0 Å². The minimum absolute atomic E-state index is 0.130. The van der Waals surface area contributed by atoms with Gasteiger partial charge in [-0.3, -0.25) is 4.79 Å². The van der Waals surface area contributed by atoms with Crippen LogP contribution in [0, 0.1) is 0 Å². The Morgan fingerprint density at radius 3 is 2.86 bits per heavy atom. The number of carbonyl (C=O) groups excluding carboxylic acids is 2. The zero-order valence-corrected chi connectivity index (χ0v) is 12.0. The molecule has 0 aliphatic carbocycles. The lowest BCUT2D eigenvalue weighted by Crippen LogP contribution is -2.38. The zero-order chi connectivity index (χ0) is 15.4. The van der Waals surface area contributed by atoms with Gasteiger partial charge >= 0.3 is 6.03 Å². The van der Waals surface area contributed by atoms with Crippen LogP contribution in [0.15, 0.2) is 23.9 Å². The van der Waals surface area contributed by atoms with E-state index in [1.54, 1.807) is 4.90 Å². The molecule has 1 aliphatic heterocycles. The van der Waals surface area contributed by atoms with Crippen LogP contribution in [-0.2, 0) is 0 Å². The third-order valence-electron chi connectivity index (χ3n) is 3.18. The Bertz CT molecular complexity index is 598. The standard InChI is InChI=1S/C14H18N4O3/c1-9-4-3-5-18(8-9)14(20)17-10-6-11(12(15)19)13(21-2)16-7-10/h4,6-7H,3,5,8H2,1-2H3,(H2,15,19)(H,17,20). The van der Waals surface area contributed by atoms with Crippen molar-refractivity contribution >= 4 is 17.6 Å². The van der Waals surface area contributed by atoms with Crippen LogP contribution in [0.1, 0.15) is 23.7 Å². The van der Waals surface area contributed by atoms with Gasteiger partial charge in [0.2, 0.25) is 5.88 Å². The van der Waals surface area contributed by atoms with Gasteiger partial charge in [0.05, 0.1) is 19.0 Å². The normalized spacial score (nSPS) is 14.4. The molecule has 0 saturated heterocycles. The van der Waals surface area contributed by atoms with Crippen LogP contribution in [-0.4, -0.2) is 42.0 Å². The second-order valence-corrected chi connectivity index (χ2v) is 4.84. The van der Waals surface area contributed by atoms with Crippen LogP contribution in [0.2, 0.25) is 0 Å². The van der Waals surface area contributed by atoms with Gasteiger partial charge < -0.3 is 20.7 Å². The van der Waals surface area contributed by atoms with Crippen molar-refractivity contribution in [3.8, 4) is 5.88 Å². The summed E-state index contributed by atoms with van der Waals surface area (Å²) in [6.07, 6.45) is 4.38. The molecule has 3 N–H and O–H groups in total. The molecule has 112 valence electrons. The fourth-order valence-corrected chi connectivity index (χ4v) is 2.15. The summed E-state index contributed by atoms with van der Waals surface area (Å²) in [5.74, 6) is -0.524. The summed E-state index contributed by atoms with van der Waals surface area (Å²) in [7, 11) is 1.40. The van der Waals surface area contributed by atoms with Gasteiger partial charge in [0, 0.05) is 13.1 Å². The van der Waals surface area contributed by atoms with Gasteiger partial charge in [-0.1, -0.05) is 11.6 Å². The number of aromatic nitrogens is 1. The molecule has 0 atom stereocenters. The predicted octanol–water partition coefficient (Wildman–Crippen LogP) is 1.37. The lowest BCUT2D eigenvalue weighted by Gasteiger charge is -2.26. The molecule has 3 amide bonds. The molecule has 0 saturated carbocycles. The highest BCUT2D eigenvalue weighted by molar-refractivity contribution is 5.97. The Hall–Kier alpha value is -2.57. The van der Waals surface area contributed by atoms with E-state index in [1.807, 2.05) is 6.92 Å². The summed E-state index contributed by atoms with van der Waals surface area (Å²) in [6.45, 7) is 3.24. The quantitative estimate of drug-likeness (QED) is 0.821. The number of ether oxygens (including phenoxy) is 1. The number of nitrogens with one attached hydrogen (secondary N) is 1. The maximum Gasteiger partial charge on any atom is 0.322 e. The van der Waals surface area contributed by atoms with Crippen LogP contribution >= 0.6 is 0 Å². The monoisotopic (exact) mass is 290 g/mol. The molecule has 0 bridgehead atoms. The van der Waals surface area contributed by atoms with Crippen molar-refractivity contribution in [2.24, 2.45) is 5.73 Å². The molecule has 2 rings (SSSR count). The van der Waals surface area contributed by atoms with E-state index < -0.39 is 5.91 Å². The molecule has 1 aromatic rings. The summed E-state index contributed by atoms with van der Waals surface area (Å²) >= 11 is 0. The van der Waals surface area contributed by atoms with Gasteiger partial charge in [-0.15, -0.1) is 0 Å². The molecule has 0 spiro atoms. The summed E-state index contributed by atoms with van der Waals surface area (Å²) in [4.78, 5) is 29.2. The van der Waals surface area contributed by atoms with E-state index in [9.17, 15) is 9.59 Å². The van der Waals surface area contributed by atoms with Crippen molar-refractivity contribution in [2.45, 2.75) is 13.3 Å². The molecule has 0 unspecified atom stereocenters. The molecular formula is C14H18N4O3. The van der Waals surface area contributed by atoms with Gasteiger partial charge in [0.1, 0.15) is 5.56 Å². The molecule has 2 heterocycles. The minimum atomic E-state index is -0.660. The third-order valence-corrected chi connectivity index (χ3v) is 3.18. The maximum atomic E-state index is 12.2. The number of hydrogen-bond acceptors (Lipinski definition) is 4. The minimum Gasteiger partial charge on any atom is -0.480 e. The largest absolute Gasteiger partial charge is 0.480 e. The Morgan fingerprint density at radius 2 is 2.24 bits per heavy atom. The van der Waals surface area contributed by atoms with E-state index in [0.29, 0.717) is 18.8 Å². The van der Waals surface area contributed by atoms with Crippen molar-refractivity contribution in [3.63, 3.8) is 0 Å². The van der Waals surface area contributed by atoms with Crippen LogP contribution in [0.5, 0.6) is 5.88 Å². The molecule has 0 radical (unpaired) electrons. The van der Waals surface area contributed by atoms with Gasteiger partial charge in [-0.2, -0.15) is 0 Å². The zero-order valence-electron chi connectivity index (χ0n) is 12.0. The van der Waals surface area contributed by atoms with E-state index in [0.717, 1.165) is 12.0 Å². The van der Waals surface area contributed by atoms with Crippen molar-refractivity contribution in [2.75, 3.05) is 25.5 Å². The number of pyridine rings is 1. The summed E-state index contributed by atoms with van der Waals surface area (Å²) in [5.41, 5.74) is 6.95. The van der Waals surface area contributed by atoms with E-state index in [2.05, 4.69) is 16.4 Å². The Kier molecular flexibility index (Phi) is 4.42. The van der Waals surface area contributed by atoms with Crippen molar-refractivity contribution in [3.05, 3.63) is 29.5 Å². The maximum absolute atomic E-state index is 12.2. The smallest absolute Gasteiger partial charge is 0.322 e. The summed E-state index contributed by atoms with van der Waals surface area (Å²) in [6, 6.07) is 1.23. The van der Waals surface area contributed by atoms with Crippen LogP contribution in [0.4, 0.5) is 10.5 Å². The second-order valence-electron chi connectivity index (χ2n) is 4.84. The number of nitrogens with two attached hydrogens (primary N) is 1. The average molecular weight is 290 g/mol. The number of amides is 3. The fraction of sp³-hybridized carbons (Fsp3) is 0.357. The number of urea groups is 1. The molecule has 0 aromatic carbocycles. The predicted molar refractivity (Wildman–Crippen MR) is 78.3 cm³/mol. The van der Waals surface area contributed by atoms with E-state index in [-0.39, 0.29) is 17.5 Å². The first-order valence-electron chi connectivity index (χ1n) is 6.56. The van der Waals surface area contributed by atoms with Crippen LogP contribution in [0.3, 0.4) is 0 Å². The molecule has 0 fully saturated rings. The van der Waals surface area contributed by atoms with Crippen molar-refractivity contribution in [1.82, 2.24) is 9.88 Å². The SMILES string of the molecule is COc1ncc(NC(=O)N2CCC=C(C)C2)cc1C(N)=O. The van der Waals surface area contributed by atoms with E-state index in [1.165, 1.54) is 19.4 Å². The third kappa shape index (κ3) is 3.50. The molecule has 7 heteroatoms. The van der Waals surface area contributed by atoms with Gasteiger partial charge in [0.25, 0.3) is 5.91 Å². The molecular weight excluding hydrogens is 272 g/mol. The van der Waals surface area contributed by atoms with Gasteiger partial charge in [0.15, 0.2) is 0 Å². The molecule has 1 aliphatic rings. The number of hydrogen-bond donors (Lipinski definition) is 2. The van der Waals surface area contributed by atoms with Crippen LogP contribution < -0.4 is 15.8 Å². The van der Waals surface area contributed by atoms with E-state index in [4.69, 9.17) is 10.5 Å². The van der Waals surface area contributed by atoms with Gasteiger partial charge in [-0.25, -0.2) is 9.78 Å². The van der Waals surface area contributed by atoms with Crippen molar-refractivity contribution < 1.29 is 14.3 Å². The lowest BCUT2D eigenvalue weighted by atomic mass is 10.1. The van der Waals surface area contributed by atoms with Gasteiger partial charge in [-0.05, 0) is 19.4 Å². The first-order chi connectivity index (χ1) is 10.0. The van der Waals surface area contributed by atoms with Crippen molar-refractivity contribution in [1.29, 1.82) is 0 Å². The molecule has 21 heavy (non-hydrogen) atoms. The lowest BCUT2D eigenvalue weighted by molar-refractivity contribution is 0.0996. The highest BCUT2D eigenvalue weighted by Gasteiger charge is 2.18. The molecule has 7 nitrogen and oxygen atoms in total. The number of nitrogens with zero attached hydrogens (tertiary/aromatic N) is 2. The summed E-state index contributed by atoms with van der Waals surface area (Å²) < 4.78 is 4.95. The Balaban J connectivity index is 2.12. The number of anilines is 1.